The van der Waals surface area contributed by atoms with Crippen molar-refractivity contribution in [2.45, 2.75) is 62.3 Å². The molecule has 0 bridgehead atoms. The summed E-state index contributed by atoms with van der Waals surface area (Å²) >= 11 is 0. The average molecular weight is 320 g/mol. The zero-order valence-corrected chi connectivity index (χ0v) is 14.3. The predicted octanol–water partition coefficient (Wildman–Crippen LogP) is 2.31. The van der Waals surface area contributed by atoms with Crippen molar-refractivity contribution < 1.29 is 18.9 Å². The normalized spacial score (nSPS) is 45.9. The minimum Gasteiger partial charge on any atom is -0.345 e. The summed E-state index contributed by atoms with van der Waals surface area (Å²) in [6.45, 7) is 1.48. The Balaban J connectivity index is 1.90. The molecule has 0 aromatic rings. The van der Waals surface area contributed by atoms with Crippen molar-refractivity contribution in [2.75, 3.05) is 25.5 Å². The topological polar surface area (TPSA) is 36.9 Å². The number of hydrogen-bond donors (Lipinski definition) is 0. The second kappa shape index (κ2) is 6.44. The third-order valence-corrected chi connectivity index (χ3v) is 5.54. The quantitative estimate of drug-likeness (QED) is 0.732. The second-order valence-electron chi connectivity index (χ2n) is 5.90. The maximum Gasteiger partial charge on any atom is 0.224 e. The summed E-state index contributed by atoms with van der Waals surface area (Å²) in [6.07, 6.45) is 8.02. The zero-order valence-electron chi connectivity index (χ0n) is 12.0. The van der Waals surface area contributed by atoms with Gasteiger partial charge in [-0.05, 0) is 38.0 Å². The molecule has 6 heteroatoms. The van der Waals surface area contributed by atoms with E-state index in [2.05, 4.69) is 18.5 Å². The van der Waals surface area contributed by atoms with E-state index in [0.29, 0.717) is 0 Å². The lowest BCUT2D eigenvalue weighted by Crippen LogP contribution is -2.70. The highest BCUT2D eigenvalue weighted by atomic mass is 31.0. The lowest BCUT2D eigenvalue weighted by atomic mass is 9.88. The summed E-state index contributed by atoms with van der Waals surface area (Å²) in [5.74, 6) is -1.38. The summed E-state index contributed by atoms with van der Waals surface area (Å²) < 4.78 is 25.2. The van der Waals surface area contributed by atoms with Gasteiger partial charge in [0, 0.05) is 12.8 Å². The molecule has 4 nitrogen and oxygen atoms in total. The molecule has 3 aliphatic rings. The fourth-order valence-electron chi connectivity index (χ4n) is 3.54. The molecule has 6 atom stereocenters. The van der Waals surface area contributed by atoms with Crippen LogP contribution in [0.5, 0.6) is 0 Å². The molecule has 3 saturated heterocycles. The number of fused-ring (bicyclic) bond motifs is 1. The first-order valence-corrected chi connectivity index (χ1v) is 9.42. The molecule has 0 aromatic heterocycles. The molecular formula is C14H26O4P2. The van der Waals surface area contributed by atoms with Crippen LogP contribution in [0.1, 0.15) is 38.5 Å². The number of rotatable bonds is 2. The maximum absolute atomic E-state index is 6.45. The fraction of sp³-hybridized carbons (Fsp3) is 1.00. The third-order valence-electron chi connectivity index (χ3n) is 4.61. The Kier molecular flexibility index (Phi) is 5.02. The SMILES string of the molecule is PCC1OC2(CCCCO2)[C@@]2(CCCCO2)O[C@H]1CP. The molecule has 0 aliphatic carbocycles. The Morgan fingerprint density at radius 1 is 0.750 bits per heavy atom. The van der Waals surface area contributed by atoms with E-state index in [-0.39, 0.29) is 12.2 Å². The lowest BCUT2D eigenvalue weighted by molar-refractivity contribution is -0.476. The highest BCUT2D eigenvalue weighted by Gasteiger charge is 2.62. The lowest BCUT2D eigenvalue weighted by Gasteiger charge is -2.57. The van der Waals surface area contributed by atoms with E-state index in [9.17, 15) is 0 Å². The summed E-state index contributed by atoms with van der Waals surface area (Å²) in [5, 5.41) is 0. The molecule has 3 heterocycles. The molecule has 3 fully saturated rings. The van der Waals surface area contributed by atoms with Gasteiger partial charge in [0.05, 0.1) is 25.4 Å². The molecule has 0 aromatic carbocycles. The van der Waals surface area contributed by atoms with Crippen LogP contribution in [-0.2, 0) is 18.9 Å². The van der Waals surface area contributed by atoms with E-state index >= 15 is 0 Å². The van der Waals surface area contributed by atoms with E-state index in [0.717, 1.165) is 64.1 Å². The van der Waals surface area contributed by atoms with E-state index in [1.54, 1.807) is 0 Å². The van der Waals surface area contributed by atoms with Gasteiger partial charge in [0.2, 0.25) is 11.6 Å². The summed E-state index contributed by atoms with van der Waals surface area (Å²) in [5.41, 5.74) is 0. The largest absolute Gasteiger partial charge is 0.345 e. The molecule has 4 unspecified atom stereocenters. The predicted molar refractivity (Wildman–Crippen MR) is 84.0 cm³/mol. The molecule has 0 radical (unpaired) electrons. The van der Waals surface area contributed by atoms with Crippen molar-refractivity contribution >= 4 is 18.5 Å². The minimum atomic E-state index is -0.691. The molecule has 0 N–H and O–H groups in total. The monoisotopic (exact) mass is 320 g/mol. The molecule has 0 saturated carbocycles. The number of hydrogen-bond acceptors (Lipinski definition) is 4. The molecule has 20 heavy (non-hydrogen) atoms. The van der Waals surface area contributed by atoms with Crippen molar-refractivity contribution in [1.82, 2.24) is 0 Å². The Hall–Kier alpha value is 0.700. The molecule has 0 amide bonds. The Bertz CT molecular complexity index is 295. The Morgan fingerprint density at radius 2 is 1.20 bits per heavy atom. The molecule has 116 valence electrons. The summed E-state index contributed by atoms with van der Waals surface area (Å²) in [6, 6.07) is 0. The smallest absolute Gasteiger partial charge is 0.224 e. The van der Waals surface area contributed by atoms with E-state index in [4.69, 9.17) is 18.9 Å². The van der Waals surface area contributed by atoms with Crippen molar-refractivity contribution in [2.24, 2.45) is 0 Å². The molecule has 3 rings (SSSR count). The van der Waals surface area contributed by atoms with Crippen LogP contribution in [0.4, 0.5) is 0 Å². The highest BCUT2D eigenvalue weighted by Crippen LogP contribution is 2.49. The van der Waals surface area contributed by atoms with Crippen molar-refractivity contribution in [3.8, 4) is 0 Å². The maximum atomic E-state index is 6.45. The van der Waals surface area contributed by atoms with Crippen LogP contribution in [0.2, 0.25) is 0 Å². The van der Waals surface area contributed by atoms with Crippen LogP contribution >= 0.6 is 18.5 Å². The first kappa shape index (κ1) is 15.6. The third kappa shape index (κ3) is 2.57. The van der Waals surface area contributed by atoms with Crippen LogP contribution < -0.4 is 0 Å². The first-order chi connectivity index (χ1) is 9.75. The van der Waals surface area contributed by atoms with Crippen molar-refractivity contribution in [3.63, 3.8) is 0 Å². The van der Waals surface area contributed by atoms with Gasteiger partial charge in [0.15, 0.2) is 0 Å². The fourth-order valence-corrected chi connectivity index (χ4v) is 4.34. The Morgan fingerprint density at radius 3 is 1.50 bits per heavy atom. The van der Waals surface area contributed by atoms with Crippen LogP contribution in [0.25, 0.3) is 0 Å². The first-order valence-electron chi connectivity index (χ1n) is 7.79. The van der Waals surface area contributed by atoms with Gasteiger partial charge in [-0.3, -0.25) is 0 Å². The van der Waals surface area contributed by atoms with E-state index < -0.39 is 11.6 Å². The van der Waals surface area contributed by atoms with Crippen LogP contribution in [0.3, 0.4) is 0 Å². The molecule has 3 aliphatic heterocycles. The Labute approximate surface area is 126 Å². The highest BCUT2D eigenvalue weighted by molar-refractivity contribution is 7.17. The van der Waals surface area contributed by atoms with E-state index in [1.165, 1.54) is 0 Å². The second-order valence-corrected chi connectivity index (χ2v) is 6.84. The van der Waals surface area contributed by atoms with Gasteiger partial charge in [-0.25, -0.2) is 0 Å². The van der Waals surface area contributed by atoms with Gasteiger partial charge < -0.3 is 18.9 Å². The van der Waals surface area contributed by atoms with Gasteiger partial charge in [-0.2, -0.15) is 0 Å². The van der Waals surface area contributed by atoms with Crippen molar-refractivity contribution in [1.29, 1.82) is 0 Å². The van der Waals surface area contributed by atoms with Gasteiger partial charge in [-0.15, -0.1) is 18.5 Å². The number of ether oxygens (including phenoxy) is 4. The zero-order chi connectivity index (χ0) is 14.1. The minimum absolute atomic E-state index is 0.0618. The molecular weight excluding hydrogens is 294 g/mol. The van der Waals surface area contributed by atoms with Gasteiger partial charge in [0.1, 0.15) is 0 Å². The summed E-state index contributed by atoms with van der Waals surface area (Å²) in [4.78, 5) is 0. The van der Waals surface area contributed by atoms with Crippen LogP contribution in [0.15, 0.2) is 0 Å². The summed E-state index contributed by atoms with van der Waals surface area (Å²) in [7, 11) is 5.54. The molecule has 2 spiro atoms. The average Bonchev–Trinajstić information content (AvgIpc) is 2.52. The van der Waals surface area contributed by atoms with Gasteiger partial charge >= 0.3 is 0 Å². The van der Waals surface area contributed by atoms with Crippen molar-refractivity contribution in [3.05, 3.63) is 0 Å². The van der Waals surface area contributed by atoms with Gasteiger partial charge in [-0.1, -0.05) is 0 Å². The van der Waals surface area contributed by atoms with E-state index in [1.807, 2.05) is 0 Å². The van der Waals surface area contributed by atoms with Crippen LogP contribution in [0, 0.1) is 0 Å². The van der Waals surface area contributed by atoms with Gasteiger partial charge in [0.25, 0.3) is 0 Å². The van der Waals surface area contributed by atoms with Crippen LogP contribution in [-0.4, -0.2) is 49.3 Å². The standard InChI is InChI=1S/C14H26O4P2/c19-9-11-12(10-20)18-14(6-2-4-8-16-14)13(17-11)5-1-3-7-15-13/h11-12H,1-10,19-20H2/t11-,12?,13+,14?/m0/s1.